The van der Waals surface area contributed by atoms with E-state index in [4.69, 9.17) is 32.4 Å². The summed E-state index contributed by atoms with van der Waals surface area (Å²) in [7, 11) is 1.55. The summed E-state index contributed by atoms with van der Waals surface area (Å²) in [4.78, 5) is 12.6. The fourth-order valence-electron chi connectivity index (χ4n) is 2.17. The first-order valence-electron chi connectivity index (χ1n) is 6.30. The smallest absolute Gasteiger partial charge is 0.196 e. The molecule has 0 atom stereocenters. The lowest BCUT2D eigenvalue weighted by molar-refractivity contribution is 0.103. The molecule has 0 unspecified atom stereocenters. The molecular weight excluding hydrogens is 327 g/mol. The third-order valence-corrected chi connectivity index (χ3v) is 4.16. The van der Waals surface area contributed by atoms with Crippen molar-refractivity contribution in [2.24, 2.45) is 0 Å². The van der Waals surface area contributed by atoms with E-state index in [1.165, 1.54) is 12.3 Å². The molecule has 0 amide bonds. The van der Waals surface area contributed by atoms with Gasteiger partial charge in [-0.1, -0.05) is 23.2 Å². The van der Waals surface area contributed by atoms with Crippen LogP contribution in [-0.4, -0.2) is 18.0 Å². The van der Waals surface area contributed by atoms with Crippen LogP contribution in [0.1, 0.15) is 15.9 Å². The van der Waals surface area contributed by atoms with E-state index in [0.29, 0.717) is 22.3 Å². The van der Waals surface area contributed by atoms with Gasteiger partial charge in [0.25, 0.3) is 0 Å². The van der Waals surface area contributed by atoms with Gasteiger partial charge in [-0.25, -0.2) is 0 Å². The van der Waals surface area contributed by atoms with Gasteiger partial charge in [0.1, 0.15) is 27.8 Å². The summed E-state index contributed by atoms with van der Waals surface area (Å²) in [6, 6.07) is 8.05. The molecule has 1 N–H and O–H groups in total. The Morgan fingerprint density at radius 1 is 1.18 bits per heavy atom. The minimum absolute atomic E-state index is 0.00744. The molecule has 0 aliphatic carbocycles. The zero-order valence-electron chi connectivity index (χ0n) is 11.4. The number of ether oxygens (including phenoxy) is 1. The van der Waals surface area contributed by atoms with Crippen LogP contribution in [0.3, 0.4) is 0 Å². The Labute approximate surface area is 135 Å². The van der Waals surface area contributed by atoms with Crippen LogP contribution < -0.4 is 4.74 Å². The van der Waals surface area contributed by atoms with Crippen LogP contribution in [0.25, 0.3) is 11.0 Å². The number of hydrogen-bond donors (Lipinski definition) is 1. The molecule has 0 saturated heterocycles. The van der Waals surface area contributed by atoms with E-state index in [1.54, 1.807) is 31.4 Å². The third kappa shape index (κ3) is 2.30. The molecule has 4 nitrogen and oxygen atoms in total. The maximum atomic E-state index is 12.6. The minimum atomic E-state index is -0.251. The van der Waals surface area contributed by atoms with Gasteiger partial charge in [0.2, 0.25) is 0 Å². The first kappa shape index (κ1) is 14.8. The molecule has 0 spiro atoms. The van der Waals surface area contributed by atoms with Crippen molar-refractivity contribution in [1.82, 2.24) is 0 Å². The lowest BCUT2D eigenvalue weighted by Gasteiger charge is -2.03. The number of phenols is 1. The predicted molar refractivity (Wildman–Crippen MR) is 84.3 cm³/mol. The van der Waals surface area contributed by atoms with Crippen LogP contribution in [0.15, 0.2) is 41.0 Å². The first-order chi connectivity index (χ1) is 10.5. The number of phenolic OH excluding ortho intramolecular Hbond substituents is 1. The highest BCUT2D eigenvalue weighted by molar-refractivity contribution is 6.46. The number of carbonyl (C=O) groups excluding carboxylic acids is 1. The molecule has 1 aromatic heterocycles. The fourth-order valence-corrected chi connectivity index (χ4v) is 2.55. The van der Waals surface area contributed by atoms with E-state index < -0.39 is 0 Å². The predicted octanol–water partition coefficient (Wildman–Crippen LogP) is 4.68. The Hall–Kier alpha value is -2.17. The zero-order valence-corrected chi connectivity index (χ0v) is 12.9. The number of fused-ring (bicyclic) bond motifs is 1. The molecule has 0 bridgehead atoms. The standard InChI is InChI=1S/C16H10Cl2O4/c1-21-9-4-2-8(3-5-9)15(20)11-7-22-16-10(11)6-12(19)13(17)14(16)18/h2-7,19H,1H3. The molecule has 112 valence electrons. The average molecular weight is 337 g/mol. The van der Waals surface area contributed by atoms with Gasteiger partial charge in [-0.05, 0) is 30.3 Å². The van der Waals surface area contributed by atoms with Crippen molar-refractivity contribution >= 4 is 40.0 Å². The first-order valence-corrected chi connectivity index (χ1v) is 7.05. The number of ketones is 1. The summed E-state index contributed by atoms with van der Waals surface area (Å²) < 4.78 is 10.4. The third-order valence-electron chi connectivity index (χ3n) is 3.32. The highest BCUT2D eigenvalue weighted by atomic mass is 35.5. The SMILES string of the molecule is COc1ccc(C(=O)c2coc3c(Cl)c(Cl)c(O)cc23)cc1. The second-order valence-electron chi connectivity index (χ2n) is 4.61. The lowest BCUT2D eigenvalue weighted by Crippen LogP contribution is -2.00. The average Bonchev–Trinajstić information content (AvgIpc) is 2.96. The second kappa shape index (κ2) is 5.55. The fraction of sp³-hybridized carbons (Fsp3) is 0.0625. The van der Waals surface area contributed by atoms with E-state index in [0.717, 1.165) is 0 Å². The van der Waals surface area contributed by atoms with Gasteiger partial charge in [0.15, 0.2) is 11.4 Å². The number of rotatable bonds is 3. The molecule has 22 heavy (non-hydrogen) atoms. The number of aromatic hydroxyl groups is 1. The second-order valence-corrected chi connectivity index (χ2v) is 5.36. The number of halogens is 2. The molecule has 0 fully saturated rings. The molecule has 0 saturated carbocycles. The van der Waals surface area contributed by atoms with Crippen molar-refractivity contribution in [3.63, 3.8) is 0 Å². The van der Waals surface area contributed by atoms with Crippen molar-refractivity contribution < 1.29 is 19.1 Å². The Morgan fingerprint density at radius 2 is 1.86 bits per heavy atom. The van der Waals surface area contributed by atoms with E-state index in [2.05, 4.69) is 0 Å². The highest BCUT2D eigenvalue weighted by Crippen LogP contribution is 2.40. The summed E-state index contributed by atoms with van der Waals surface area (Å²) >= 11 is 11.9. The van der Waals surface area contributed by atoms with Crippen LogP contribution in [0.2, 0.25) is 10.0 Å². The number of carbonyl (C=O) groups is 1. The lowest BCUT2D eigenvalue weighted by atomic mass is 10.0. The van der Waals surface area contributed by atoms with Crippen molar-refractivity contribution in [2.45, 2.75) is 0 Å². The van der Waals surface area contributed by atoms with Gasteiger partial charge in [0, 0.05) is 10.9 Å². The van der Waals surface area contributed by atoms with Gasteiger partial charge in [-0.15, -0.1) is 0 Å². The maximum Gasteiger partial charge on any atom is 0.196 e. The molecule has 6 heteroatoms. The van der Waals surface area contributed by atoms with Gasteiger partial charge >= 0.3 is 0 Å². The molecular formula is C16H10Cl2O4. The van der Waals surface area contributed by atoms with Gasteiger partial charge in [-0.2, -0.15) is 0 Å². The monoisotopic (exact) mass is 336 g/mol. The number of benzene rings is 2. The number of methoxy groups -OCH3 is 1. The molecule has 0 aliphatic rings. The van der Waals surface area contributed by atoms with Crippen molar-refractivity contribution in [3.8, 4) is 11.5 Å². The van der Waals surface area contributed by atoms with E-state index >= 15 is 0 Å². The van der Waals surface area contributed by atoms with Crippen LogP contribution in [0, 0.1) is 0 Å². The summed E-state index contributed by atoms with van der Waals surface area (Å²) in [6.07, 6.45) is 1.30. The van der Waals surface area contributed by atoms with E-state index in [9.17, 15) is 9.90 Å². The molecule has 3 rings (SSSR count). The van der Waals surface area contributed by atoms with Gasteiger partial charge < -0.3 is 14.3 Å². The molecule has 1 heterocycles. The summed E-state index contributed by atoms with van der Waals surface area (Å²) in [6.45, 7) is 0. The van der Waals surface area contributed by atoms with Crippen LogP contribution in [0.5, 0.6) is 11.5 Å². The molecule has 0 radical (unpaired) electrons. The number of furan rings is 1. The highest BCUT2D eigenvalue weighted by Gasteiger charge is 2.20. The number of hydrogen-bond acceptors (Lipinski definition) is 4. The van der Waals surface area contributed by atoms with Crippen LogP contribution in [-0.2, 0) is 0 Å². The molecule has 0 aliphatic heterocycles. The largest absolute Gasteiger partial charge is 0.506 e. The van der Waals surface area contributed by atoms with E-state index in [-0.39, 0.29) is 27.2 Å². The van der Waals surface area contributed by atoms with Crippen molar-refractivity contribution in [1.29, 1.82) is 0 Å². The van der Waals surface area contributed by atoms with Crippen LogP contribution in [0.4, 0.5) is 0 Å². The van der Waals surface area contributed by atoms with Crippen LogP contribution >= 0.6 is 23.2 Å². The molecule has 3 aromatic rings. The minimum Gasteiger partial charge on any atom is -0.506 e. The molecule has 2 aromatic carbocycles. The Balaban J connectivity index is 2.11. The zero-order chi connectivity index (χ0) is 15.9. The Bertz CT molecular complexity index is 866. The van der Waals surface area contributed by atoms with Gasteiger partial charge in [-0.3, -0.25) is 4.79 Å². The van der Waals surface area contributed by atoms with Gasteiger partial charge in [0.05, 0.1) is 12.7 Å². The summed E-state index contributed by atoms with van der Waals surface area (Å²) in [5.41, 5.74) is 1.03. The topological polar surface area (TPSA) is 59.7 Å². The maximum absolute atomic E-state index is 12.6. The Kier molecular flexibility index (Phi) is 3.72. The Morgan fingerprint density at radius 3 is 2.50 bits per heavy atom. The quantitative estimate of drug-likeness (QED) is 0.705. The van der Waals surface area contributed by atoms with E-state index in [1.807, 2.05) is 0 Å². The summed E-state index contributed by atoms with van der Waals surface area (Å²) in [5, 5.41) is 10.3. The summed E-state index contributed by atoms with van der Waals surface area (Å²) in [5.74, 6) is 0.199. The van der Waals surface area contributed by atoms with Crippen molar-refractivity contribution in [3.05, 3.63) is 57.8 Å². The van der Waals surface area contributed by atoms with Crippen molar-refractivity contribution in [2.75, 3.05) is 7.11 Å². The normalized spacial score (nSPS) is 10.9.